The predicted molar refractivity (Wildman–Crippen MR) is 65.6 cm³/mol. The zero-order valence-electron chi connectivity index (χ0n) is 9.82. The third kappa shape index (κ3) is 3.27. The van der Waals surface area contributed by atoms with Crippen molar-refractivity contribution in [2.45, 2.75) is 6.18 Å². The number of halogens is 4. The minimum Gasteiger partial charge on any atom is -0.423 e. The van der Waals surface area contributed by atoms with Crippen molar-refractivity contribution in [1.29, 1.82) is 0 Å². The molecule has 0 atom stereocenters. The van der Waals surface area contributed by atoms with Gasteiger partial charge in [0.05, 0.1) is 11.1 Å². The molecule has 0 fully saturated rings. The van der Waals surface area contributed by atoms with Gasteiger partial charge in [-0.3, -0.25) is 0 Å². The number of carbonyl (C=O) groups is 1. The highest BCUT2D eigenvalue weighted by molar-refractivity contribution is 6.32. The van der Waals surface area contributed by atoms with Gasteiger partial charge < -0.3 is 4.74 Å². The molecule has 1 heterocycles. The van der Waals surface area contributed by atoms with Gasteiger partial charge in [0.1, 0.15) is 10.9 Å². The zero-order chi connectivity index (χ0) is 14.8. The lowest BCUT2D eigenvalue weighted by Gasteiger charge is -2.09. The number of aromatic nitrogens is 1. The molecule has 0 spiro atoms. The molecule has 0 aliphatic carbocycles. The van der Waals surface area contributed by atoms with E-state index >= 15 is 0 Å². The van der Waals surface area contributed by atoms with Gasteiger partial charge in [0.15, 0.2) is 0 Å². The Morgan fingerprint density at radius 1 is 1.20 bits per heavy atom. The van der Waals surface area contributed by atoms with Crippen LogP contribution in [-0.4, -0.2) is 11.0 Å². The molecule has 0 unspecified atom stereocenters. The first-order valence-electron chi connectivity index (χ1n) is 5.38. The third-order valence-corrected chi connectivity index (χ3v) is 2.65. The summed E-state index contributed by atoms with van der Waals surface area (Å²) in [6, 6.07) is 6.85. The minimum absolute atomic E-state index is 0.0217. The molecule has 2 aromatic rings. The first-order chi connectivity index (χ1) is 9.38. The maximum absolute atomic E-state index is 12.5. The molecule has 0 saturated carbocycles. The molecule has 7 heteroatoms. The zero-order valence-corrected chi connectivity index (χ0v) is 10.6. The van der Waals surface area contributed by atoms with Crippen LogP contribution in [0, 0.1) is 0 Å². The molecule has 0 bridgehead atoms. The molecule has 1 aromatic heterocycles. The van der Waals surface area contributed by atoms with Crippen LogP contribution in [0.2, 0.25) is 5.15 Å². The number of pyridine rings is 1. The quantitative estimate of drug-likeness (QED) is 0.478. The lowest BCUT2D eigenvalue weighted by Crippen LogP contribution is -2.11. The van der Waals surface area contributed by atoms with E-state index in [1.54, 1.807) is 0 Å². The molecule has 2 rings (SSSR count). The summed E-state index contributed by atoms with van der Waals surface area (Å²) in [5.41, 5.74) is -0.924. The molecule has 0 aliphatic rings. The standard InChI is InChI=1S/C13H7ClF3NO2/c14-11-10(5-2-6-18-11)12(19)20-9-4-1-3-8(7-9)13(15,16)17/h1-7H. The van der Waals surface area contributed by atoms with Gasteiger partial charge in [0.25, 0.3) is 0 Å². The Morgan fingerprint density at radius 3 is 2.60 bits per heavy atom. The highest BCUT2D eigenvalue weighted by Gasteiger charge is 2.30. The summed E-state index contributed by atoms with van der Waals surface area (Å²) in [7, 11) is 0. The fourth-order valence-electron chi connectivity index (χ4n) is 1.44. The second-order valence-electron chi connectivity index (χ2n) is 3.76. The summed E-state index contributed by atoms with van der Waals surface area (Å²) in [5.74, 6) is -1.09. The summed E-state index contributed by atoms with van der Waals surface area (Å²) in [6.45, 7) is 0. The van der Waals surface area contributed by atoms with E-state index in [1.165, 1.54) is 24.4 Å². The number of hydrogen-bond donors (Lipinski definition) is 0. The molecular formula is C13H7ClF3NO2. The number of esters is 1. The van der Waals surface area contributed by atoms with E-state index in [2.05, 4.69) is 4.98 Å². The monoisotopic (exact) mass is 301 g/mol. The molecule has 3 nitrogen and oxygen atoms in total. The van der Waals surface area contributed by atoms with Gasteiger partial charge in [0, 0.05) is 6.20 Å². The average Bonchev–Trinajstić information content (AvgIpc) is 2.38. The van der Waals surface area contributed by atoms with Crippen molar-refractivity contribution < 1.29 is 22.7 Å². The van der Waals surface area contributed by atoms with Gasteiger partial charge in [-0.15, -0.1) is 0 Å². The molecule has 0 N–H and O–H groups in total. The van der Waals surface area contributed by atoms with Crippen molar-refractivity contribution in [3.63, 3.8) is 0 Å². The maximum Gasteiger partial charge on any atom is 0.416 e. The largest absolute Gasteiger partial charge is 0.423 e. The molecular weight excluding hydrogens is 295 g/mol. The van der Waals surface area contributed by atoms with Crippen molar-refractivity contribution >= 4 is 17.6 Å². The van der Waals surface area contributed by atoms with Crippen LogP contribution in [0.25, 0.3) is 0 Å². The Hall–Kier alpha value is -2.08. The van der Waals surface area contributed by atoms with Crippen LogP contribution in [0.3, 0.4) is 0 Å². The number of ether oxygens (including phenoxy) is 1. The van der Waals surface area contributed by atoms with Gasteiger partial charge in [-0.1, -0.05) is 17.7 Å². The van der Waals surface area contributed by atoms with Crippen LogP contribution >= 0.6 is 11.6 Å². The fraction of sp³-hybridized carbons (Fsp3) is 0.0769. The van der Waals surface area contributed by atoms with E-state index in [1.807, 2.05) is 0 Å². The second-order valence-corrected chi connectivity index (χ2v) is 4.11. The van der Waals surface area contributed by atoms with E-state index in [4.69, 9.17) is 16.3 Å². The van der Waals surface area contributed by atoms with Crippen molar-refractivity contribution in [2.24, 2.45) is 0 Å². The van der Waals surface area contributed by atoms with E-state index in [9.17, 15) is 18.0 Å². The SMILES string of the molecule is O=C(Oc1cccc(C(F)(F)F)c1)c1cccnc1Cl. The summed E-state index contributed by atoms with van der Waals surface area (Å²) < 4.78 is 42.4. The van der Waals surface area contributed by atoms with Gasteiger partial charge in [-0.25, -0.2) is 9.78 Å². The third-order valence-electron chi connectivity index (χ3n) is 2.35. The topological polar surface area (TPSA) is 39.2 Å². The highest BCUT2D eigenvalue weighted by Crippen LogP contribution is 2.31. The van der Waals surface area contributed by atoms with Crippen molar-refractivity contribution in [1.82, 2.24) is 4.98 Å². The van der Waals surface area contributed by atoms with E-state index < -0.39 is 17.7 Å². The number of carbonyl (C=O) groups excluding carboxylic acids is 1. The molecule has 0 radical (unpaired) electrons. The van der Waals surface area contributed by atoms with E-state index in [0.717, 1.165) is 18.2 Å². The first-order valence-corrected chi connectivity index (χ1v) is 5.75. The normalized spacial score (nSPS) is 11.2. The molecule has 1 aromatic carbocycles. The summed E-state index contributed by atoms with van der Waals surface area (Å²) in [4.78, 5) is 15.5. The Kier molecular flexibility index (Phi) is 3.94. The van der Waals surface area contributed by atoms with E-state index in [0.29, 0.717) is 0 Å². The molecule has 20 heavy (non-hydrogen) atoms. The number of nitrogens with zero attached hydrogens (tertiary/aromatic N) is 1. The van der Waals surface area contributed by atoms with Gasteiger partial charge >= 0.3 is 12.1 Å². The fourth-order valence-corrected chi connectivity index (χ4v) is 1.63. The van der Waals surface area contributed by atoms with Gasteiger partial charge in [0.2, 0.25) is 0 Å². The average molecular weight is 302 g/mol. The van der Waals surface area contributed by atoms with Crippen LogP contribution in [-0.2, 0) is 6.18 Å². The molecule has 0 aliphatic heterocycles. The van der Waals surface area contributed by atoms with E-state index in [-0.39, 0.29) is 16.5 Å². The van der Waals surface area contributed by atoms with Crippen molar-refractivity contribution in [3.05, 3.63) is 58.9 Å². The van der Waals surface area contributed by atoms with Crippen LogP contribution in [0.15, 0.2) is 42.6 Å². The predicted octanol–water partition coefficient (Wildman–Crippen LogP) is 3.97. The van der Waals surface area contributed by atoms with Crippen molar-refractivity contribution in [3.8, 4) is 5.75 Å². The Balaban J connectivity index is 2.23. The van der Waals surface area contributed by atoms with Crippen LogP contribution in [0.4, 0.5) is 13.2 Å². The van der Waals surface area contributed by atoms with Gasteiger partial charge in [-0.2, -0.15) is 13.2 Å². The molecule has 0 saturated heterocycles. The second kappa shape index (κ2) is 5.50. The lowest BCUT2D eigenvalue weighted by atomic mass is 10.2. The van der Waals surface area contributed by atoms with Crippen molar-refractivity contribution in [2.75, 3.05) is 0 Å². The van der Waals surface area contributed by atoms with Crippen LogP contribution in [0.1, 0.15) is 15.9 Å². The molecule has 0 amide bonds. The van der Waals surface area contributed by atoms with Crippen LogP contribution < -0.4 is 4.74 Å². The number of rotatable bonds is 2. The Morgan fingerprint density at radius 2 is 1.95 bits per heavy atom. The summed E-state index contributed by atoms with van der Waals surface area (Å²) in [5, 5.41) is -0.0792. The Labute approximate surface area is 117 Å². The minimum atomic E-state index is -4.51. The summed E-state index contributed by atoms with van der Waals surface area (Å²) >= 11 is 5.70. The van der Waals surface area contributed by atoms with Crippen LogP contribution in [0.5, 0.6) is 5.75 Å². The smallest absolute Gasteiger partial charge is 0.416 e. The number of hydrogen-bond acceptors (Lipinski definition) is 3. The first kappa shape index (κ1) is 14.3. The lowest BCUT2D eigenvalue weighted by molar-refractivity contribution is -0.137. The van der Waals surface area contributed by atoms with Gasteiger partial charge in [-0.05, 0) is 30.3 Å². The summed E-state index contributed by atoms with van der Waals surface area (Å²) in [6.07, 6.45) is -3.13. The Bertz CT molecular complexity index is 644. The maximum atomic E-state index is 12.5. The number of alkyl halides is 3. The number of benzene rings is 1. The molecule has 104 valence electrons. The highest BCUT2D eigenvalue weighted by atomic mass is 35.5.